The van der Waals surface area contributed by atoms with E-state index in [0.29, 0.717) is 11.8 Å². The Bertz CT molecular complexity index is 447. The standard InChI is InChI=1S/C16H23F3N2/c1-12-10-14(13-6-4-3-5-7-13)8-9-15(12,2)21-20-11-16(17,18)19/h3-7,12,14,20-21H,8-11H2,1-2H3. The van der Waals surface area contributed by atoms with Crippen LogP contribution < -0.4 is 10.9 Å². The van der Waals surface area contributed by atoms with Crippen molar-refractivity contribution in [2.45, 2.75) is 50.7 Å². The van der Waals surface area contributed by atoms with Crippen LogP contribution in [0.4, 0.5) is 13.2 Å². The molecule has 0 saturated heterocycles. The van der Waals surface area contributed by atoms with E-state index in [2.05, 4.69) is 29.9 Å². The second kappa shape index (κ2) is 6.36. The van der Waals surface area contributed by atoms with Gasteiger partial charge in [-0.05, 0) is 43.6 Å². The molecule has 0 amide bonds. The Morgan fingerprint density at radius 3 is 2.48 bits per heavy atom. The van der Waals surface area contributed by atoms with Crippen molar-refractivity contribution < 1.29 is 13.2 Å². The molecule has 5 heteroatoms. The summed E-state index contributed by atoms with van der Waals surface area (Å²) in [5.41, 5.74) is 6.29. The summed E-state index contributed by atoms with van der Waals surface area (Å²) in [7, 11) is 0. The van der Waals surface area contributed by atoms with Gasteiger partial charge in [-0.25, -0.2) is 5.43 Å². The highest BCUT2D eigenvalue weighted by molar-refractivity contribution is 5.21. The first kappa shape index (κ1) is 16.3. The van der Waals surface area contributed by atoms with Gasteiger partial charge in [-0.1, -0.05) is 37.3 Å². The minimum Gasteiger partial charge on any atom is -0.251 e. The Labute approximate surface area is 124 Å². The first-order valence-electron chi connectivity index (χ1n) is 7.42. The molecule has 2 rings (SSSR count). The zero-order valence-electron chi connectivity index (χ0n) is 12.5. The van der Waals surface area contributed by atoms with Crippen LogP contribution in [-0.4, -0.2) is 18.3 Å². The third-order valence-electron chi connectivity index (χ3n) is 4.67. The second-order valence-corrected chi connectivity index (χ2v) is 6.29. The maximum absolute atomic E-state index is 12.2. The van der Waals surface area contributed by atoms with Crippen LogP contribution in [0.15, 0.2) is 30.3 Å². The average Bonchev–Trinajstić information content (AvgIpc) is 2.42. The third-order valence-corrected chi connectivity index (χ3v) is 4.67. The average molecular weight is 300 g/mol. The van der Waals surface area contributed by atoms with Crippen LogP contribution >= 0.6 is 0 Å². The lowest BCUT2D eigenvalue weighted by atomic mass is 9.69. The molecule has 1 aromatic carbocycles. The fourth-order valence-corrected chi connectivity index (χ4v) is 3.09. The lowest BCUT2D eigenvalue weighted by Gasteiger charge is -2.44. The molecule has 0 spiro atoms. The van der Waals surface area contributed by atoms with Gasteiger partial charge in [0.05, 0.1) is 0 Å². The SMILES string of the molecule is CC1CC(c2ccccc2)CCC1(C)NNCC(F)(F)F. The maximum Gasteiger partial charge on any atom is 0.402 e. The van der Waals surface area contributed by atoms with Crippen molar-refractivity contribution in [3.63, 3.8) is 0 Å². The predicted octanol–water partition coefficient (Wildman–Crippen LogP) is 4.01. The fraction of sp³-hybridized carbons (Fsp3) is 0.625. The molecule has 1 fully saturated rings. The van der Waals surface area contributed by atoms with Crippen LogP contribution in [0.5, 0.6) is 0 Å². The zero-order valence-corrected chi connectivity index (χ0v) is 12.5. The van der Waals surface area contributed by atoms with E-state index in [4.69, 9.17) is 0 Å². The molecule has 2 N–H and O–H groups in total. The lowest BCUT2D eigenvalue weighted by molar-refractivity contribution is -0.128. The minimum atomic E-state index is -4.19. The summed E-state index contributed by atoms with van der Waals surface area (Å²) in [5, 5.41) is 0. The van der Waals surface area contributed by atoms with Crippen molar-refractivity contribution in [2.75, 3.05) is 6.54 Å². The van der Waals surface area contributed by atoms with Gasteiger partial charge in [0.2, 0.25) is 0 Å². The molecule has 1 aromatic rings. The van der Waals surface area contributed by atoms with Crippen LogP contribution in [0.2, 0.25) is 0 Å². The van der Waals surface area contributed by atoms with Crippen molar-refractivity contribution in [1.29, 1.82) is 0 Å². The van der Waals surface area contributed by atoms with E-state index >= 15 is 0 Å². The lowest BCUT2D eigenvalue weighted by Crippen LogP contribution is -2.57. The largest absolute Gasteiger partial charge is 0.402 e. The molecular weight excluding hydrogens is 277 g/mol. The number of halogens is 3. The van der Waals surface area contributed by atoms with Gasteiger partial charge >= 0.3 is 6.18 Å². The fourth-order valence-electron chi connectivity index (χ4n) is 3.09. The molecule has 0 aliphatic heterocycles. The maximum atomic E-state index is 12.2. The van der Waals surface area contributed by atoms with Gasteiger partial charge in [0, 0.05) is 5.54 Å². The number of alkyl halides is 3. The minimum absolute atomic E-state index is 0.295. The van der Waals surface area contributed by atoms with Gasteiger partial charge in [-0.3, -0.25) is 5.43 Å². The summed E-state index contributed by atoms with van der Waals surface area (Å²) in [5.74, 6) is 0.802. The predicted molar refractivity (Wildman–Crippen MR) is 77.8 cm³/mol. The Morgan fingerprint density at radius 1 is 1.24 bits per heavy atom. The summed E-state index contributed by atoms with van der Waals surface area (Å²) in [6.07, 6.45) is -1.35. The molecule has 2 nitrogen and oxygen atoms in total. The Hall–Kier alpha value is -1.07. The summed E-state index contributed by atoms with van der Waals surface area (Å²) in [4.78, 5) is 0. The van der Waals surface area contributed by atoms with E-state index in [-0.39, 0.29) is 5.54 Å². The quantitative estimate of drug-likeness (QED) is 0.821. The molecule has 1 aliphatic carbocycles. The highest BCUT2D eigenvalue weighted by Crippen LogP contribution is 2.41. The first-order chi connectivity index (χ1) is 9.80. The Morgan fingerprint density at radius 2 is 1.90 bits per heavy atom. The molecule has 118 valence electrons. The number of rotatable bonds is 4. The highest BCUT2D eigenvalue weighted by Gasteiger charge is 2.38. The van der Waals surface area contributed by atoms with E-state index < -0.39 is 12.7 Å². The van der Waals surface area contributed by atoms with Crippen LogP contribution in [-0.2, 0) is 0 Å². The number of hydrazine groups is 1. The van der Waals surface area contributed by atoms with Crippen LogP contribution in [0.1, 0.15) is 44.6 Å². The van der Waals surface area contributed by atoms with Crippen molar-refractivity contribution in [3.05, 3.63) is 35.9 Å². The normalized spacial score (nSPS) is 30.3. The van der Waals surface area contributed by atoms with Crippen molar-refractivity contribution in [3.8, 4) is 0 Å². The van der Waals surface area contributed by atoms with Crippen molar-refractivity contribution >= 4 is 0 Å². The van der Waals surface area contributed by atoms with Crippen LogP contribution in [0.3, 0.4) is 0 Å². The Balaban J connectivity index is 1.91. The topological polar surface area (TPSA) is 24.1 Å². The second-order valence-electron chi connectivity index (χ2n) is 6.29. The summed E-state index contributed by atoms with van der Waals surface area (Å²) >= 11 is 0. The summed E-state index contributed by atoms with van der Waals surface area (Å²) < 4.78 is 36.6. The number of hydrogen-bond acceptors (Lipinski definition) is 2. The summed E-state index contributed by atoms with van der Waals surface area (Å²) in [6, 6.07) is 10.3. The van der Waals surface area contributed by atoms with Crippen LogP contribution in [0.25, 0.3) is 0 Å². The molecule has 21 heavy (non-hydrogen) atoms. The zero-order chi connectivity index (χ0) is 15.5. The number of hydrogen-bond donors (Lipinski definition) is 2. The van der Waals surface area contributed by atoms with Gasteiger partial charge in [0.15, 0.2) is 0 Å². The van der Waals surface area contributed by atoms with Gasteiger partial charge in [0.25, 0.3) is 0 Å². The number of nitrogens with one attached hydrogen (secondary N) is 2. The molecule has 0 heterocycles. The van der Waals surface area contributed by atoms with E-state index in [1.807, 2.05) is 25.1 Å². The number of benzene rings is 1. The van der Waals surface area contributed by atoms with Crippen LogP contribution in [0, 0.1) is 5.92 Å². The molecular formula is C16H23F3N2. The van der Waals surface area contributed by atoms with Gasteiger partial charge in [0.1, 0.15) is 6.54 Å². The molecule has 3 atom stereocenters. The molecule has 0 bridgehead atoms. The van der Waals surface area contributed by atoms with Crippen molar-refractivity contribution in [1.82, 2.24) is 10.9 Å². The molecule has 1 saturated carbocycles. The van der Waals surface area contributed by atoms with Gasteiger partial charge in [-0.2, -0.15) is 13.2 Å². The highest BCUT2D eigenvalue weighted by atomic mass is 19.4. The third kappa shape index (κ3) is 4.45. The van der Waals surface area contributed by atoms with E-state index in [1.54, 1.807) is 0 Å². The van der Waals surface area contributed by atoms with E-state index in [1.165, 1.54) is 5.56 Å². The van der Waals surface area contributed by atoms with Crippen molar-refractivity contribution in [2.24, 2.45) is 5.92 Å². The van der Waals surface area contributed by atoms with Gasteiger partial charge in [-0.15, -0.1) is 0 Å². The summed E-state index contributed by atoms with van der Waals surface area (Å²) in [6.45, 7) is 3.11. The van der Waals surface area contributed by atoms with E-state index in [9.17, 15) is 13.2 Å². The molecule has 0 aromatic heterocycles. The van der Waals surface area contributed by atoms with E-state index in [0.717, 1.165) is 19.3 Å². The first-order valence-corrected chi connectivity index (χ1v) is 7.42. The molecule has 1 aliphatic rings. The van der Waals surface area contributed by atoms with Gasteiger partial charge < -0.3 is 0 Å². The molecule has 0 radical (unpaired) electrons. The molecule has 3 unspecified atom stereocenters. The smallest absolute Gasteiger partial charge is 0.251 e. The Kier molecular flexibility index (Phi) is 4.94. The monoisotopic (exact) mass is 300 g/mol.